The van der Waals surface area contributed by atoms with Crippen LogP contribution in [-0.4, -0.2) is 60.6 Å². The summed E-state index contributed by atoms with van der Waals surface area (Å²) in [4.78, 5) is 24.7. The van der Waals surface area contributed by atoms with Crippen LogP contribution in [0.25, 0.3) is 11.2 Å². The smallest absolute Gasteiger partial charge is 0.336 e. The quantitative estimate of drug-likeness (QED) is 0.348. The summed E-state index contributed by atoms with van der Waals surface area (Å²) >= 11 is 2.82. The van der Waals surface area contributed by atoms with Gasteiger partial charge in [-0.2, -0.15) is 26.1 Å². The van der Waals surface area contributed by atoms with Gasteiger partial charge in [-0.25, -0.2) is 9.78 Å². The lowest BCUT2D eigenvalue weighted by molar-refractivity contribution is -0.157. The second-order valence-corrected chi connectivity index (χ2v) is 7.72. The van der Waals surface area contributed by atoms with Gasteiger partial charge in [-0.05, 0) is 19.1 Å². The van der Waals surface area contributed by atoms with Gasteiger partial charge in [-0.15, -0.1) is 11.8 Å². The topological polar surface area (TPSA) is 90.1 Å². The highest BCUT2D eigenvalue weighted by Gasteiger charge is 2.53. The largest absolute Gasteiger partial charge is 0.464 e. The molecule has 2 atom stereocenters. The Kier molecular flexibility index (Phi) is 5.49. The third-order valence-corrected chi connectivity index (χ3v) is 6.35. The van der Waals surface area contributed by atoms with Crippen molar-refractivity contribution in [3.8, 4) is 0 Å². The van der Waals surface area contributed by atoms with E-state index in [1.54, 1.807) is 6.92 Å². The second kappa shape index (κ2) is 7.46. The first-order valence-electron chi connectivity index (χ1n) is 8.01. The molecule has 0 aliphatic carbocycles. The highest BCUT2D eigenvalue weighted by atomic mass is 32.2. The molecule has 1 saturated heterocycles. The number of ether oxygens (including phenoxy) is 1. The zero-order valence-electron chi connectivity index (χ0n) is 13.9. The van der Waals surface area contributed by atoms with Crippen molar-refractivity contribution in [2.45, 2.75) is 36.9 Å². The van der Waals surface area contributed by atoms with E-state index in [1.165, 1.54) is 34.4 Å². The molecule has 0 saturated carbocycles. The molecule has 1 N–H and O–H groups in total. The van der Waals surface area contributed by atoms with E-state index in [0.717, 1.165) is 12.2 Å². The Bertz CT molecular complexity index is 787. The number of hydrogen-bond donors (Lipinski definition) is 1. The van der Waals surface area contributed by atoms with Gasteiger partial charge in [0.25, 0.3) is 0 Å². The molecular formula is C15H19FN4O3S2. The minimum absolute atomic E-state index is 0.186. The van der Waals surface area contributed by atoms with Crippen molar-refractivity contribution < 1.29 is 19.0 Å². The standard InChI is InChI=1S/C15H19FN4O3S2/c1-3-5-25-12-10-11(18-14(16)19-12)20(8-17-10)15(13(22)23-4-2)7-24-6-9(15)21/h8-9,21H,3-7H2,1-2H3. The minimum Gasteiger partial charge on any atom is -0.464 e. The Hall–Kier alpha value is -1.39. The average molecular weight is 386 g/mol. The van der Waals surface area contributed by atoms with E-state index in [9.17, 15) is 14.3 Å². The number of carbonyl (C=O) groups is 1. The van der Waals surface area contributed by atoms with Crippen molar-refractivity contribution in [2.75, 3.05) is 23.9 Å². The van der Waals surface area contributed by atoms with Crippen molar-refractivity contribution in [2.24, 2.45) is 0 Å². The molecule has 0 radical (unpaired) electrons. The van der Waals surface area contributed by atoms with Crippen LogP contribution in [0.4, 0.5) is 4.39 Å². The molecule has 25 heavy (non-hydrogen) atoms. The zero-order valence-corrected chi connectivity index (χ0v) is 15.6. The van der Waals surface area contributed by atoms with Crippen LogP contribution in [0.3, 0.4) is 0 Å². The summed E-state index contributed by atoms with van der Waals surface area (Å²) in [5.41, 5.74) is -0.739. The van der Waals surface area contributed by atoms with Crippen LogP contribution in [0.2, 0.25) is 0 Å². The Labute approximate surface area is 152 Å². The van der Waals surface area contributed by atoms with Crippen LogP contribution in [0.15, 0.2) is 11.4 Å². The third-order valence-electron chi connectivity index (χ3n) is 3.99. The molecule has 3 heterocycles. The predicted molar refractivity (Wildman–Crippen MR) is 94.2 cm³/mol. The molecule has 3 rings (SSSR count). The molecule has 7 nitrogen and oxygen atoms in total. The van der Waals surface area contributed by atoms with Crippen LogP contribution in [0, 0.1) is 6.08 Å². The molecular weight excluding hydrogens is 367 g/mol. The van der Waals surface area contributed by atoms with Crippen LogP contribution in [0.5, 0.6) is 0 Å². The van der Waals surface area contributed by atoms with E-state index < -0.39 is 23.7 Å². The normalized spacial score (nSPS) is 23.3. The van der Waals surface area contributed by atoms with E-state index in [2.05, 4.69) is 15.0 Å². The molecule has 0 amide bonds. The molecule has 0 bridgehead atoms. The summed E-state index contributed by atoms with van der Waals surface area (Å²) < 4.78 is 20.6. The molecule has 10 heteroatoms. The summed E-state index contributed by atoms with van der Waals surface area (Å²) in [6.07, 6.45) is 0.465. The lowest BCUT2D eigenvalue weighted by Crippen LogP contribution is -2.51. The maximum atomic E-state index is 14.0. The number of carbonyl (C=O) groups excluding carboxylic acids is 1. The summed E-state index contributed by atoms with van der Waals surface area (Å²) in [5.74, 6) is 0.888. The SMILES string of the molecule is CCCSc1nc(F)nc2c1ncn2C1(C(=O)OCC)CSCC1O. The molecule has 1 fully saturated rings. The van der Waals surface area contributed by atoms with Gasteiger partial charge < -0.3 is 9.84 Å². The highest BCUT2D eigenvalue weighted by molar-refractivity contribution is 7.99. The zero-order chi connectivity index (χ0) is 18.0. The number of aliphatic hydroxyl groups is 1. The van der Waals surface area contributed by atoms with Gasteiger partial charge in [-0.1, -0.05) is 6.92 Å². The van der Waals surface area contributed by atoms with Crippen LogP contribution >= 0.6 is 23.5 Å². The van der Waals surface area contributed by atoms with Gasteiger partial charge in [-0.3, -0.25) is 4.57 Å². The highest BCUT2D eigenvalue weighted by Crippen LogP contribution is 2.39. The van der Waals surface area contributed by atoms with E-state index in [0.29, 0.717) is 22.0 Å². The molecule has 0 aromatic carbocycles. The number of aliphatic hydroxyl groups excluding tert-OH is 1. The van der Waals surface area contributed by atoms with E-state index in [1.807, 2.05) is 6.92 Å². The average Bonchev–Trinajstić information content (AvgIpc) is 3.17. The number of thioether (sulfide) groups is 2. The lowest BCUT2D eigenvalue weighted by atomic mass is 9.95. The lowest BCUT2D eigenvalue weighted by Gasteiger charge is -2.30. The van der Waals surface area contributed by atoms with Crippen molar-refractivity contribution in [3.63, 3.8) is 0 Å². The predicted octanol–water partition coefficient (Wildman–Crippen LogP) is 1.83. The molecule has 1 aliphatic rings. The number of hydrogen-bond acceptors (Lipinski definition) is 8. The number of aromatic nitrogens is 4. The van der Waals surface area contributed by atoms with Gasteiger partial charge in [0.1, 0.15) is 10.5 Å². The summed E-state index contributed by atoms with van der Waals surface area (Å²) in [6, 6.07) is 0. The second-order valence-electron chi connectivity index (χ2n) is 5.61. The number of nitrogens with zero attached hydrogens (tertiary/aromatic N) is 4. The van der Waals surface area contributed by atoms with Crippen LogP contribution in [-0.2, 0) is 15.1 Å². The number of esters is 1. The van der Waals surface area contributed by atoms with E-state index >= 15 is 0 Å². The summed E-state index contributed by atoms with van der Waals surface area (Å²) in [7, 11) is 0. The van der Waals surface area contributed by atoms with Crippen LogP contribution < -0.4 is 0 Å². The van der Waals surface area contributed by atoms with Gasteiger partial charge in [0.2, 0.25) is 0 Å². The first-order valence-corrected chi connectivity index (χ1v) is 10.2. The fourth-order valence-electron chi connectivity index (χ4n) is 2.78. The molecule has 2 aromatic heterocycles. The molecule has 1 aliphatic heterocycles. The Balaban J connectivity index is 2.16. The monoisotopic (exact) mass is 386 g/mol. The van der Waals surface area contributed by atoms with E-state index in [-0.39, 0.29) is 12.3 Å². The molecule has 2 unspecified atom stereocenters. The first-order chi connectivity index (χ1) is 12.0. The molecule has 0 spiro atoms. The Morgan fingerprint density at radius 2 is 2.36 bits per heavy atom. The number of halogens is 1. The first kappa shape index (κ1) is 18.4. The Morgan fingerprint density at radius 3 is 3.00 bits per heavy atom. The van der Waals surface area contributed by atoms with Crippen molar-refractivity contribution >= 4 is 40.7 Å². The number of fused-ring (bicyclic) bond motifs is 1. The van der Waals surface area contributed by atoms with Crippen molar-refractivity contribution in [1.29, 1.82) is 0 Å². The maximum Gasteiger partial charge on any atom is 0.336 e. The van der Waals surface area contributed by atoms with Crippen molar-refractivity contribution in [3.05, 3.63) is 12.4 Å². The van der Waals surface area contributed by atoms with Gasteiger partial charge in [0, 0.05) is 11.5 Å². The number of rotatable bonds is 6. The minimum atomic E-state index is -1.36. The van der Waals surface area contributed by atoms with Crippen molar-refractivity contribution in [1.82, 2.24) is 19.5 Å². The van der Waals surface area contributed by atoms with Gasteiger partial charge in [0.05, 0.1) is 19.0 Å². The van der Waals surface area contributed by atoms with E-state index in [4.69, 9.17) is 4.74 Å². The van der Waals surface area contributed by atoms with Crippen LogP contribution in [0.1, 0.15) is 20.3 Å². The summed E-state index contributed by atoms with van der Waals surface area (Å²) in [6.45, 7) is 3.90. The van der Waals surface area contributed by atoms with Gasteiger partial charge in [0.15, 0.2) is 11.2 Å². The third kappa shape index (κ3) is 3.11. The molecule has 2 aromatic rings. The van der Waals surface area contributed by atoms with Gasteiger partial charge >= 0.3 is 12.0 Å². The number of imidazole rings is 1. The summed E-state index contributed by atoms with van der Waals surface area (Å²) in [5, 5.41) is 11.0. The maximum absolute atomic E-state index is 14.0. The fourth-order valence-corrected chi connectivity index (χ4v) is 4.98. The Morgan fingerprint density at radius 1 is 1.56 bits per heavy atom. The fraction of sp³-hybridized carbons (Fsp3) is 0.600. The molecule has 136 valence electrons.